The second kappa shape index (κ2) is 6.48. The summed E-state index contributed by atoms with van der Waals surface area (Å²) in [5.74, 6) is -0.770. The average Bonchev–Trinajstić information content (AvgIpc) is 2.88. The lowest BCUT2D eigenvalue weighted by Gasteiger charge is -2.24. The van der Waals surface area contributed by atoms with Gasteiger partial charge in [-0.2, -0.15) is 0 Å². The molecular weight excluding hydrogens is 313 g/mol. The monoisotopic (exact) mass is 329 g/mol. The molecular formula is C14H17BrFNO2. The van der Waals surface area contributed by atoms with Crippen molar-refractivity contribution in [2.24, 2.45) is 0 Å². The van der Waals surface area contributed by atoms with E-state index in [0.717, 1.165) is 19.4 Å². The first-order valence-corrected chi connectivity index (χ1v) is 7.27. The summed E-state index contributed by atoms with van der Waals surface area (Å²) >= 11 is 3.19. The molecule has 0 aromatic heterocycles. The normalized spacial score (nSPS) is 18.6. The molecule has 104 valence electrons. The van der Waals surface area contributed by atoms with Crippen LogP contribution in [0.3, 0.4) is 0 Å². The van der Waals surface area contributed by atoms with Gasteiger partial charge in [-0.15, -0.1) is 0 Å². The van der Waals surface area contributed by atoms with Gasteiger partial charge < -0.3 is 9.64 Å². The second-order valence-corrected chi connectivity index (χ2v) is 5.52. The van der Waals surface area contributed by atoms with Gasteiger partial charge in [0, 0.05) is 24.2 Å². The Hall–Kier alpha value is -0.940. The van der Waals surface area contributed by atoms with E-state index in [1.54, 1.807) is 11.0 Å². The Balaban J connectivity index is 2.10. The molecule has 1 saturated heterocycles. The van der Waals surface area contributed by atoms with Crippen LogP contribution < -0.4 is 0 Å². The van der Waals surface area contributed by atoms with Gasteiger partial charge in [0.25, 0.3) is 5.91 Å². The zero-order valence-electron chi connectivity index (χ0n) is 10.9. The molecule has 0 radical (unpaired) electrons. The number of halogens is 2. The molecule has 1 aromatic rings. The lowest BCUT2D eigenvalue weighted by molar-refractivity contribution is 0.0535. The van der Waals surface area contributed by atoms with E-state index in [9.17, 15) is 9.18 Å². The quantitative estimate of drug-likeness (QED) is 0.848. The van der Waals surface area contributed by atoms with Gasteiger partial charge in [0.2, 0.25) is 0 Å². The summed E-state index contributed by atoms with van der Waals surface area (Å²) in [4.78, 5) is 14.0. The lowest BCUT2D eigenvalue weighted by Crippen LogP contribution is -2.37. The van der Waals surface area contributed by atoms with E-state index >= 15 is 0 Å². The molecule has 0 aliphatic carbocycles. The van der Waals surface area contributed by atoms with Crippen LogP contribution >= 0.6 is 15.9 Å². The van der Waals surface area contributed by atoms with Crippen LogP contribution in [-0.4, -0.2) is 36.6 Å². The third-order valence-corrected chi connectivity index (χ3v) is 3.77. The summed E-state index contributed by atoms with van der Waals surface area (Å²) in [6.45, 7) is 3.73. The summed E-state index contributed by atoms with van der Waals surface area (Å²) in [7, 11) is 0. The molecule has 1 amide bonds. The first-order chi connectivity index (χ1) is 9.11. The number of amides is 1. The summed E-state index contributed by atoms with van der Waals surface area (Å²) in [5, 5.41) is 0. The van der Waals surface area contributed by atoms with Gasteiger partial charge in [-0.3, -0.25) is 4.79 Å². The highest BCUT2D eigenvalue weighted by atomic mass is 79.9. The van der Waals surface area contributed by atoms with E-state index in [1.807, 2.05) is 6.92 Å². The van der Waals surface area contributed by atoms with Crippen LogP contribution in [0.5, 0.6) is 0 Å². The molecule has 0 spiro atoms. The molecule has 1 aromatic carbocycles. The van der Waals surface area contributed by atoms with Gasteiger partial charge in [-0.25, -0.2) is 4.39 Å². The maximum Gasteiger partial charge on any atom is 0.256 e. The van der Waals surface area contributed by atoms with Crippen LogP contribution in [0.15, 0.2) is 22.7 Å². The molecule has 3 nitrogen and oxygen atoms in total. The fourth-order valence-electron chi connectivity index (χ4n) is 2.22. The third kappa shape index (κ3) is 3.54. The molecule has 0 bridgehead atoms. The van der Waals surface area contributed by atoms with Crippen LogP contribution in [0.25, 0.3) is 0 Å². The minimum Gasteiger partial charge on any atom is -0.376 e. The SMILES string of the molecule is CCN(CC1CCCO1)C(=O)c1ccc(Br)cc1F. The van der Waals surface area contributed by atoms with E-state index in [2.05, 4.69) is 15.9 Å². The van der Waals surface area contributed by atoms with Crippen LogP contribution in [0.4, 0.5) is 4.39 Å². The van der Waals surface area contributed by atoms with Crippen molar-refractivity contribution >= 4 is 21.8 Å². The van der Waals surface area contributed by atoms with Gasteiger partial charge in [-0.05, 0) is 38.0 Å². The standard InChI is InChI=1S/C14H17BrFNO2/c1-2-17(9-11-4-3-7-19-11)14(18)12-6-5-10(15)8-13(12)16/h5-6,8,11H,2-4,7,9H2,1H3. The molecule has 1 fully saturated rings. The van der Waals surface area contributed by atoms with Crippen molar-refractivity contribution in [3.05, 3.63) is 34.1 Å². The van der Waals surface area contributed by atoms with E-state index in [-0.39, 0.29) is 17.6 Å². The van der Waals surface area contributed by atoms with Gasteiger partial charge in [0.15, 0.2) is 0 Å². The minimum absolute atomic E-state index is 0.0856. The lowest BCUT2D eigenvalue weighted by atomic mass is 10.1. The molecule has 0 saturated carbocycles. The van der Waals surface area contributed by atoms with E-state index in [1.165, 1.54) is 12.1 Å². The second-order valence-electron chi connectivity index (χ2n) is 4.60. The Morgan fingerprint density at radius 2 is 2.37 bits per heavy atom. The fourth-order valence-corrected chi connectivity index (χ4v) is 2.56. The predicted molar refractivity (Wildman–Crippen MR) is 74.7 cm³/mol. The number of benzene rings is 1. The molecule has 1 unspecified atom stereocenters. The Kier molecular flexibility index (Phi) is 4.93. The number of nitrogens with zero attached hydrogens (tertiary/aromatic N) is 1. The zero-order chi connectivity index (χ0) is 13.8. The zero-order valence-corrected chi connectivity index (χ0v) is 12.5. The highest BCUT2D eigenvalue weighted by Crippen LogP contribution is 2.19. The van der Waals surface area contributed by atoms with Crippen LogP contribution in [-0.2, 0) is 4.74 Å². The van der Waals surface area contributed by atoms with Crippen molar-refractivity contribution < 1.29 is 13.9 Å². The molecule has 0 N–H and O–H groups in total. The maximum absolute atomic E-state index is 13.8. The Morgan fingerprint density at radius 3 is 2.95 bits per heavy atom. The van der Waals surface area contributed by atoms with Gasteiger partial charge >= 0.3 is 0 Å². The Morgan fingerprint density at radius 1 is 1.58 bits per heavy atom. The van der Waals surface area contributed by atoms with Crippen LogP contribution in [0, 0.1) is 5.82 Å². The summed E-state index contributed by atoms with van der Waals surface area (Å²) in [5.41, 5.74) is 0.114. The Labute approximate surface area is 120 Å². The number of hydrogen-bond donors (Lipinski definition) is 0. The van der Waals surface area contributed by atoms with Crippen molar-refractivity contribution in [1.29, 1.82) is 0 Å². The van der Waals surface area contributed by atoms with E-state index in [4.69, 9.17) is 4.74 Å². The molecule has 1 aliphatic rings. The number of carbonyl (C=O) groups is 1. The number of ether oxygens (including phenoxy) is 1. The average molecular weight is 330 g/mol. The molecule has 1 heterocycles. The smallest absolute Gasteiger partial charge is 0.256 e. The first-order valence-electron chi connectivity index (χ1n) is 6.47. The van der Waals surface area contributed by atoms with Gasteiger partial charge in [0.1, 0.15) is 5.82 Å². The number of carbonyl (C=O) groups excluding carboxylic acids is 1. The van der Waals surface area contributed by atoms with Crippen LogP contribution in [0.2, 0.25) is 0 Å². The number of hydrogen-bond acceptors (Lipinski definition) is 2. The third-order valence-electron chi connectivity index (χ3n) is 3.28. The Bertz CT molecular complexity index is 461. The summed E-state index contributed by atoms with van der Waals surface area (Å²) in [6.07, 6.45) is 2.08. The highest BCUT2D eigenvalue weighted by molar-refractivity contribution is 9.10. The molecule has 1 aliphatic heterocycles. The van der Waals surface area contributed by atoms with Crippen molar-refractivity contribution in [3.63, 3.8) is 0 Å². The van der Waals surface area contributed by atoms with Crippen molar-refractivity contribution in [2.75, 3.05) is 19.7 Å². The van der Waals surface area contributed by atoms with E-state index in [0.29, 0.717) is 17.6 Å². The highest BCUT2D eigenvalue weighted by Gasteiger charge is 2.23. The fraction of sp³-hybridized carbons (Fsp3) is 0.500. The first kappa shape index (κ1) is 14.5. The predicted octanol–water partition coefficient (Wildman–Crippen LogP) is 3.23. The molecule has 2 rings (SSSR count). The van der Waals surface area contributed by atoms with E-state index < -0.39 is 5.82 Å². The van der Waals surface area contributed by atoms with Crippen LogP contribution in [0.1, 0.15) is 30.1 Å². The van der Waals surface area contributed by atoms with Crippen molar-refractivity contribution in [3.8, 4) is 0 Å². The topological polar surface area (TPSA) is 29.5 Å². The van der Waals surface area contributed by atoms with Crippen molar-refractivity contribution in [1.82, 2.24) is 4.90 Å². The number of likely N-dealkylation sites (N-methyl/N-ethyl adjacent to an activating group) is 1. The largest absolute Gasteiger partial charge is 0.376 e. The molecule has 5 heteroatoms. The molecule has 19 heavy (non-hydrogen) atoms. The number of rotatable bonds is 4. The molecule has 1 atom stereocenters. The van der Waals surface area contributed by atoms with Gasteiger partial charge in [-0.1, -0.05) is 15.9 Å². The van der Waals surface area contributed by atoms with Gasteiger partial charge in [0.05, 0.1) is 11.7 Å². The minimum atomic E-state index is -0.495. The maximum atomic E-state index is 13.8. The summed E-state index contributed by atoms with van der Waals surface area (Å²) < 4.78 is 20.0. The summed E-state index contributed by atoms with van der Waals surface area (Å²) in [6, 6.07) is 4.50. The van der Waals surface area contributed by atoms with Crippen molar-refractivity contribution in [2.45, 2.75) is 25.9 Å².